The normalized spacial score (nSPS) is 11.8. The second kappa shape index (κ2) is 5.24. The van der Waals surface area contributed by atoms with E-state index in [0.717, 1.165) is 22.1 Å². The molecule has 0 fully saturated rings. The van der Waals surface area contributed by atoms with E-state index in [1.807, 2.05) is 38.6 Å². The molecule has 15 heavy (non-hydrogen) atoms. The first kappa shape index (κ1) is 12.9. The zero-order valence-corrected chi connectivity index (χ0v) is 11.1. The van der Waals surface area contributed by atoms with Crippen LogP contribution in [0.5, 0.6) is 0 Å². The quantitative estimate of drug-likeness (QED) is 0.874. The summed E-state index contributed by atoms with van der Waals surface area (Å²) < 4.78 is 0. The number of halogens is 1. The first-order valence-corrected chi connectivity index (χ1v) is 6.53. The van der Waals surface area contributed by atoms with Crippen LogP contribution in [0.15, 0.2) is 18.2 Å². The van der Waals surface area contributed by atoms with E-state index in [1.54, 1.807) is 0 Å². The molecule has 0 heterocycles. The molecule has 0 aliphatic heterocycles. The van der Waals surface area contributed by atoms with Crippen LogP contribution in [0, 0.1) is 6.92 Å². The molecule has 0 radical (unpaired) electrons. The Labute approximate surface area is 101 Å². The van der Waals surface area contributed by atoms with Crippen molar-refractivity contribution in [1.82, 2.24) is 0 Å². The first-order chi connectivity index (χ1) is 6.88. The van der Waals surface area contributed by atoms with Crippen molar-refractivity contribution < 1.29 is 0 Å². The van der Waals surface area contributed by atoms with Gasteiger partial charge in [-0.3, -0.25) is 0 Å². The maximum absolute atomic E-state index is 5.96. The van der Waals surface area contributed by atoms with Crippen LogP contribution in [0.25, 0.3) is 0 Å². The molecule has 84 valence electrons. The average Bonchev–Trinajstić information content (AvgIpc) is 2.09. The fourth-order valence-corrected chi connectivity index (χ4v) is 2.39. The highest BCUT2D eigenvalue weighted by atomic mass is 35.5. The van der Waals surface area contributed by atoms with Crippen molar-refractivity contribution in [2.24, 2.45) is 5.73 Å². The lowest BCUT2D eigenvalue weighted by molar-refractivity contribution is 0.591. The maximum atomic E-state index is 5.96. The largest absolute Gasteiger partial charge is 0.325 e. The van der Waals surface area contributed by atoms with Gasteiger partial charge in [0.25, 0.3) is 0 Å². The minimum absolute atomic E-state index is 0.0911. The molecule has 0 amide bonds. The van der Waals surface area contributed by atoms with Gasteiger partial charge in [0.05, 0.1) is 0 Å². The van der Waals surface area contributed by atoms with Crippen LogP contribution in [-0.4, -0.2) is 11.3 Å². The first-order valence-electron chi connectivity index (χ1n) is 5.00. The molecular formula is C12H18ClNS. The second-order valence-electron chi connectivity index (χ2n) is 4.56. The predicted octanol–water partition coefficient (Wildman–Crippen LogP) is 3.62. The summed E-state index contributed by atoms with van der Waals surface area (Å²) in [5.74, 6) is 1.97. The monoisotopic (exact) mass is 243 g/mol. The van der Waals surface area contributed by atoms with Crippen molar-refractivity contribution in [3.63, 3.8) is 0 Å². The number of aryl methyl sites for hydroxylation is 1. The summed E-state index contributed by atoms with van der Waals surface area (Å²) in [7, 11) is 0. The summed E-state index contributed by atoms with van der Waals surface area (Å²) in [5, 5.41) is 0.836. The summed E-state index contributed by atoms with van der Waals surface area (Å²) in [6.07, 6.45) is 0. The molecule has 1 rings (SSSR count). The van der Waals surface area contributed by atoms with Crippen LogP contribution in [0.3, 0.4) is 0 Å². The van der Waals surface area contributed by atoms with E-state index in [-0.39, 0.29) is 5.54 Å². The molecule has 2 N–H and O–H groups in total. The van der Waals surface area contributed by atoms with Crippen molar-refractivity contribution in [3.8, 4) is 0 Å². The van der Waals surface area contributed by atoms with Gasteiger partial charge in [0.1, 0.15) is 0 Å². The van der Waals surface area contributed by atoms with Crippen molar-refractivity contribution in [3.05, 3.63) is 34.3 Å². The van der Waals surface area contributed by atoms with Gasteiger partial charge in [0, 0.05) is 22.1 Å². The maximum Gasteiger partial charge on any atom is 0.0435 e. The van der Waals surface area contributed by atoms with Crippen molar-refractivity contribution in [2.75, 3.05) is 5.75 Å². The van der Waals surface area contributed by atoms with Gasteiger partial charge in [-0.25, -0.2) is 0 Å². The summed E-state index contributed by atoms with van der Waals surface area (Å²) >= 11 is 7.82. The molecule has 0 saturated carbocycles. The van der Waals surface area contributed by atoms with E-state index in [9.17, 15) is 0 Å². The third kappa shape index (κ3) is 4.92. The molecule has 1 aromatic carbocycles. The van der Waals surface area contributed by atoms with Gasteiger partial charge in [0.15, 0.2) is 0 Å². The Hall–Kier alpha value is -0.180. The van der Waals surface area contributed by atoms with Crippen LogP contribution in [-0.2, 0) is 5.75 Å². The van der Waals surface area contributed by atoms with E-state index in [2.05, 4.69) is 12.1 Å². The Morgan fingerprint density at radius 3 is 2.60 bits per heavy atom. The molecule has 0 spiro atoms. The number of benzene rings is 1. The zero-order valence-electron chi connectivity index (χ0n) is 9.51. The summed E-state index contributed by atoms with van der Waals surface area (Å²) in [5.41, 5.74) is 8.27. The van der Waals surface area contributed by atoms with Gasteiger partial charge in [-0.05, 0) is 38.0 Å². The van der Waals surface area contributed by atoms with Crippen molar-refractivity contribution in [1.29, 1.82) is 0 Å². The van der Waals surface area contributed by atoms with Crippen LogP contribution in [0.1, 0.15) is 25.0 Å². The minimum atomic E-state index is -0.0911. The van der Waals surface area contributed by atoms with Crippen molar-refractivity contribution >= 4 is 23.4 Å². The molecule has 0 aromatic heterocycles. The highest BCUT2D eigenvalue weighted by molar-refractivity contribution is 7.98. The molecule has 0 aliphatic rings. The topological polar surface area (TPSA) is 26.0 Å². The SMILES string of the molecule is Cc1cc(CSCC(C)(C)N)ccc1Cl. The molecule has 0 atom stereocenters. The number of thioether (sulfide) groups is 1. The average molecular weight is 244 g/mol. The van der Waals surface area contributed by atoms with Gasteiger partial charge >= 0.3 is 0 Å². The zero-order chi connectivity index (χ0) is 11.5. The fourth-order valence-electron chi connectivity index (χ4n) is 1.23. The second-order valence-corrected chi connectivity index (χ2v) is 5.96. The molecule has 1 nitrogen and oxygen atoms in total. The predicted molar refractivity (Wildman–Crippen MR) is 70.6 cm³/mol. The lowest BCUT2D eigenvalue weighted by atomic mass is 10.1. The lowest BCUT2D eigenvalue weighted by Gasteiger charge is -2.17. The number of hydrogen-bond donors (Lipinski definition) is 1. The highest BCUT2D eigenvalue weighted by Crippen LogP contribution is 2.21. The van der Waals surface area contributed by atoms with E-state index in [1.165, 1.54) is 5.56 Å². The van der Waals surface area contributed by atoms with E-state index in [4.69, 9.17) is 17.3 Å². The third-order valence-corrected chi connectivity index (χ3v) is 3.87. The lowest BCUT2D eigenvalue weighted by Crippen LogP contribution is -2.34. The molecule has 1 aromatic rings. The minimum Gasteiger partial charge on any atom is -0.325 e. The number of hydrogen-bond acceptors (Lipinski definition) is 2. The Kier molecular flexibility index (Phi) is 4.50. The molecular weight excluding hydrogens is 226 g/mol. The van der Waals surface area contributed by atoms with Gasteiger partial charge in [-0.1, -0.05) is 23.7 Å². The van der Waals surface area contributed by atoms with E-state index < -0.39 is 0 Å². The Morgan fingerprint density at radius 2 is 2.07 bits per heavy atom. The Morgan fingerprint density at radius 1 is 1.40 bits per heavy atom. The molecule has 0 saturated heterocycles. The van der Waals surface area contributed by atoms with E-state index in [0.29, 0.717) is 0 Å². The van der Waals surface area contributed by atoms with E-state index >= 15 is 0 Å². The van der Waals surface area contributed by atoms with Gasteiger partial charge in [-0.15, -0.1) is 0 Å². The summed E-state index contributed by atoms with van der Waals surface area (Å²) in [6.45, 7) is 6.13. The van der Waals surface area contributed by atoms with Gasteiger partial charge in [-0.2, -0.15) is 11.8 Å². The fraction of sp³-hybridized carbons (Fsp3) is 0.500. The van der Waals surface area contributed by atoms with Crippen LogP contribution in [0.2, 0.25) is 5.02 Å². The Balaban J connectivity index is 2.48. The summed E-state index contributed by atoms with van der Waals surface area (Å²) in [4.78, 5) is 0. The smallest absolute Gasteiger partial charge is 0.0435 e. The number of nitrogens with two attached hydrogens (primary N) is 1. The molecule has 3 heteroatoms. The summed E-state index contributed by atoms with van der Waals surface area (Å²) in [6, 6.07) is 6.17. The highest BCUT2D eigenvalue weighted by Gasteiger charge is 2.10. The molecule has 0 bridgehead atoms. The van der Waals surface area contributed by atoms with Crippen LogP contribution in [0.4, 0.5) is 0 Å². The van der Waals surface area contributed by atoms with Crippen molar-refractivity contribution in [2.45, 2.75) is 32.1 Å². The molecule has 0 unspecified atom stereocenters. The Bertz CT molecular complexity index is 331. The van der Waals surface area contributed by atoms with Gasteiger partial charge < -0.3 is 5.73 Å². The third-order valence-electron chi connectivity index (χ3n) is 1.97. The number of rotatable bonds is 4. The van der Waals surface area contributed by atoms with Crippen LogP contribution < -0.4 is 5.73 Å². The standard InChI is InChI=1S/C12H18ClNS/c1-9-6-10(4-5-11(9)13)7-15-8-12(2,3)14/h4-6H,7-8,14H2,1-3H3. The van der Waals surface area contributed by atoms with Crippen LogP contribution >= 0.6 is 23.4 Å². The van der Waals surface area contributed by atoms with Gasteiger partial charge in [0.2, 0.25) is 0 Å². The molecule has 0 aliphatic carbocycles.